The topological polar surface area (TPSA) is 58.2 Å². The summed E-state index contributed by atoms with van der Waals surface area (Å²) in [6.45, 7) is 2.63. The van der Waals surface area contributed by atoms with Crippen molar-refractivity contribution in [2.24, 2.45) is 0 Å². The summed E-state index contributed by atoms with van der Waals surface area (Å²) < 4.78 is 0. The molecule has 3 aromatic rings. The van der Waals surface area contributed by atoms with Gasteiger partial charge in [-0.25, -0.2) is 0 Å². The molecule has 0 fully saturated rings. The van der Waals surface area contributed by atoms with Crippen LogP contribution in [0.5, 0.6) is 0 Å². The van der Waals surface area contributed by atoms with Crippen LogP contribution < -0.4 is 10.6 Å². The standard InChI is InChI=1S/C21H20N2O2S/c1-15(16-7-3-2-4-8-16)14-22-20(24)17-9-5-10-18(13-17)23-21(25)19-11-6-12-26-19/h2-13,15H,14H2,1H3,(H,22,24)(H,23,25)/t15-/m0/s1. The maximum atomic E-state index is 12.4. The summed E-state index contributed by atoms with van der Waals surface area (Å²) >= 11 is 1.38. The summed E-state index contributed by atoms with van der Waals surface area (Å²) in [7, 11) is 0. The molecule has 3 rings (SSSR count). The number of carbonyl (C=O) groups excluding carboxylic acids is 2. The molecule has 0 radical (unpaired) electrons. The van der Waals surface area contributed by atoms with Crippen molar-refractivity contribution in [2.75, 3.05) is 11.9 Å². The maximum Gasteiger partial charge on any atom is 0.265 e. The monoisotopic (exact) mass is 364 g/mol. The third kappa shape index (κ3) is 4.58. The Morgan fingerprint density at radius 2 is 1.77 bits per heavy atom. The predicted octanol–water partition coefficient (Wildman–Crippen LogP) is 4.53. The lowest BCUT2D eigenvalue weighted by Crippen LogP contribution is -2.27. The molecule has 1 aromatic heterocycles. The van der Waals surface area contributed by atoms with Crippen LogP contribution in [-0.4, -0.2) is 18.4 Å². The summed E-state index contributed by atoms with van der Waals surface area (Å²) in [5.74, 6) is -0.0999. The van der Waals surface area contributed by atoms with Crippen molar-refractivity contribution < 1.29 is 9.59 Å². The van der Waals surface area contributed by atoms with Crippen LogP contribution >= 0.6 is 11.3 Å². The van der Waals surface area contributed by atoms with Crippen LogP contribution in [0.25, 0.3) is 0 Å². The van der Waals surface area contributed by atoms with Gasteiger partial charge in [0.25, 0.3) is 11.8 Å². The van der Waals surface area contributed by atoms with Gasteiger partial charge in [0.05, 0.1) is 4.88 Å². The fourth-order valence-electron chi connectivity index (χ4n) is 2.59. The summed E-state index contributed by atoms with van der Waals surface area (Å²) in [5.41, 5.74) is 2.31. The Bertz CT molecular complexity index is 876. The van der Waals surface area contributed by atoms with Crippen molar-refractivity contribution in [3.63, 3.8) is 0 Å². The molecule has 5 heteroatoms. The quantitative estimate of drug-likeness (QED) is 0.675. The van der Waals surface area contributed by atoms with Crippen LogP contribution in [0.3, 0.4) is 0 Å². The van der Waals surface area contributed by atoms with E-state index in [2.05, 4.69) is 29.7 Å². The van der Waals surface area contributed by atoms with E-state index in [1.807, 2.05) is 29.6 Å². The van der Waals surface area contributed by atoms with Crippen molar-refractivity contribution in [1.82, 2.24) is 5.32 Å². The minimum Gasteiger partial charge on any atom is -0.351 e. The molecule has 0 spiro atoms. The van der Waals surface area contributed by atoms with Crippen molar-refractivity contribution in [1.29, 1.82) is 0 Å². The summed E-state index contributed by atoms with van der Waals surface area (Å²) in [5, 5.41) is 7.63. The minimum atomic E-state index is -0.171. The Hall–Kier alpha value is -2.92. The number of rotatable bonds is 6. The molecular formula is C21H20N2O2S. The van der Waals surface area contributed by atoms with E-state index < -0.39 is 0 Å². The molecule has 0 aliphatic carbocycles. The number of hydrogen-bond donors (Lipinski definition) is 2. The second kappa shape index (κ2) is 8.45. The molecule has 132 valence electrons. The van der Waals surface area contributed by atoms with Gasteiger partial charge in [-0.15, -0.1) is 11.3 Å². The van der Waals surface area contributed by atoms with Gasteiger partial charge >= 0.3 is 0 Å². The van der Waals surface area contributed by atoms with E-state index in [1.165, 1.54) is 16.9 Å². The third-order valence-corrected chi connectivity index (χ3v) is 4.93. The van der Waals surface area contributed by atoms with Gasteiger partial charge in [-0.3, -0.25) is 9.59 Å². The highest BCUT2D eigenvalue weighted by Gasteiger charge is 2.11. The summed E-state index contributed by atoms with van der Waals surface area (Å²) in [6.07, 6.45) is 0. The molecule has 2 aromatic carbocycles. The van der Waals surface area contributed by atoms with Gasteiger partial charge < -0.3 is 10.6 Å². The van der Waals surface area contributed by atoms with E-state index in [0.717, 1.165) is 0 Å². The zero-order chi connectivity index (χ0) is 18.4. The number of thiophene rings is 1. The zero-order valence-electron chi connectivity index (χ0n) is 14.4. The number of anilines is 1. The van der Waals surface area contributed by atoms with E-state index in [4.69, 9.17) is 0 Å². The van der Waals surface area contributed by atoms with Crippen LogP contribution in [0.15, 0.2) is 72.1 Å². The van der Waals surface area contributed by atoms with Crippen molar-refractivity contribution in [3.8, 4) is 0 Å². The highest BCUT2D eigenvalue weighted by Crippen LogP contribution is 2.16. The molecule has 1 heterocycles. The van der Waals surface area contributed by atoms with Crippen molar-refractivity contribution in [3.05, 3.63) is 88.1 Å². The lowest BCUT2D eigenvalue weighted by Gasteiger charge is -2.13. The van der Waals surface area contributed by atoms with Gasteiger partial charge in [0.2, 0.25) is 0 Å². The Morgan fingerprint density at radius 1 is 0.962 bits per heavy atom. The second-order valence-electron chi connectivity index (χ2n) is 6.03. The lowest BCUT2D eigenvalue weighted by atomic mass is 10.0. The molecule has 0 unspecified atom stereocenters. The normalized spacial score (nSPS) is 11.6. The number of hydrogen-bond acceptors (Lipinski definition) is 3. The number of benzene rings is 2. The minimum absolute atomic E-state index is 0.153. The largest absolute Gasteiger partial charge is 0.351 e. The number of amides is 2. The van der Waals surface area contributed by atoms with Gasteiger partial charge in [0, 0.05) is 17.8 Å². The van der Waals surface area contributed by atoms with Crippen LogP contribution in [0, 0.1) is 0 Å². The Balaban J connectivity index is 1.60. The highest BCUT2D eigenvalue weighted by atomic mass is 32.1. The van der Waals surface area contributed by atoms with Crippen LogP contribution in [0.1, 0.15) is 38.4 Å². The fourth-order valence-corrected chi connectivity index (χ4v) is 3.20. The van der Waals surface area contributed by atoms with Crippen molar-refractivity contribution >= 4 is 28.8 Å². The first-order valence-electron chi connectivity index (χ1n) is 8.41. The average Bonchev–Trinajstić information content (AvgIpc) is 3.22. The SMILES string of the molecule is C[C@@H](CNC(=O)c1cccc(NC(=O)c2cccs2)c1)c1ccccc1. The molecule has 0 saturated heterocycles. The van der Waals surface area contributed by atoms with E-state index in [0.29, 0.717) is 22.7 Å². The van der Waals surface area contributed by atoms with Crippen molar-refractivity contribution in [2.45, 2.75) is 12.8 Å². The molecule has 1 atom stereocenters. The van der Waals surface area contributed by atoms with E-state index in [1.54, 1.807) is 30.3 Å². The maximum absolute atomic E-state index is 12.4. The van der Waals surface area contributed by atoms with Gasteiger partial charge in [-0.2, -0.15) is 0 Å². The molecule has 2 N–H and O–H groups in total. The molecule has 2 amide bonds. The molecule has 0 saturated carbocycles. The Labute approximate surface area is 156 Å². The first kappa shape index (κ1) is 17.9. The number of carbonyl (C=O) groups is 2. The fraction of sp³-hybridized carbons (Fsp3) is 0.143. The average molecular weight is 364 g/mol. The van der Waals surface area contributed by atoms with Crippen LogP contribution in [-0.2, 0) is 0 Å². The molecule has 0 bridgehead atoms. The first-order chi connectivity index (χ1) is 12.6. The highest BCUT2D eigenvalue weighted by molar-refractivity contribution is 7.12. The van der Waals surface area contributed by atoms with Gasteiger partial charge in [-0.1, -0.05) is 49.4 Å². The zero-order valence-corrected chi connectivity index (χ0v) is 15.3. The van der Waals surface area contributed by atoms with Gasteiger partial charge in [0.1, 0.15) is 0 Å². The summed E-state index contributed by atoms with van der Waals surface area (Å²) in [6, 6.07) is 20.6. The second-order valence-corrected chi connectivity index (χ2v) is 6.98. The Morgan fingerprint density at radius 3 is 2.50 bits per heavy atom. The number of nitrogens with one attached hydrogen (secondary N) is 2. The third-order valence-electron chi connectivity index (χ3n) is 4.07. The van der Waals surface area contributed by atoms with Gasteiger partial charge in [-0.05, 0) is 41.1 Å². The lowest BCUT2D eigenvalue weighted by molar-refractivity contribution is 0.0950. The van der Waals surface area contributed by atoms with Crippen LogP contribution in [0.4, 0.5) is 5.69 Å². The molecule has 4 nitrogen and oxygen atoms in total. The van der Waals surface area contributed by atoms with Crippen LogP contribution in [0.2, 0.25) is 0 Å². The van der Waals surface area contributed by atoms with E-state index in [9.17, 15) is 9.59 Å². The summed E-state index contributed by atoms with van der Waals surface area (Å²) in [4.78, 5) is 25.2. The molecule has 26 heavy (non-hydrogen) atoms. The molecule has 0 aliphatic heterocycles. The van der Waals surface area contributed by atoms with E-state index >= 15 is 0 Å². The smallest absolute Gasteiger partial charge is 0.265 e. The van der Waals surface area contributed by atoms with E-state index in [-0.39, 0.29) is 17.7 Å². The Kier molecular flexibility index (Phi) is 5.81. The predicted molar refractivity (Wildman–Crippen MR) is 106 cm³/mol. The first-order valence-corrected chi connectivity index (χ1v) is 9.29. The molecule has 0 aliphatic rings. The van der Waals surface area contributed by atoms with Gasteiger partial charge in [0.15, 0.2) is 0 Å². The molecular weight excluding hydrogens is 344 g/mol.